The summed E-state index contributed by atoms with van der Waals surface area (Å²) in [6.45, 7) is 8.49. The Morgan fingerprint density at radius 1 is 1.35 bits per heavy atom. The Morgan fingerprint density at radius 2 is 2.12 bits per heavy atom. The van der Waals surface area contributed by atoms with Crippen molar-refractivity contribution in [2.75, 3.05) is 13.1 Å². The van der Waals surface area contributed by atoms with Crippen LogP contribution < -0.4 is 10.1 Å². The van der Waals surface area contributed by atoms with Crippen LogP contribution in [0.3, 0.4) is 0 Å². The summed E-state index contributed by atoms with van der Waals surface area (Å²) >= 11 is 6.27. The highest BCUT2D eigenvalue weighted by molar-refractivity contribution is 6.32. The van der Waals surface area contributed by atoms with Gasteiger partial charge in [-0.2, -0.15) is 0 Å². The van der Waals surface area contributed by atoms with E-state index >= 15 is 0 Å². The van der Waals surface area contributed by atoms with Crippen LogP contribution in [0.1, 0.15) is 32.8 Å². The van der Waals surface area contributed by atoms with Crippen LogP contribution in [0.25, 0.3) is 0 Å². The van der Waals surface area contributed by atoms with Gasteiger partial charge in [0, 0.05) is 6.54 Å². The molecule has 0 amide bonds. The van der Waals surface area contributed by atoms with Crippen molar-refractivity contribution in [2.24, 2.45) is 0 Å². The maximum absolute atomic E-state index is 6.27. The largest absolute Gasteiger partial charge is 0.487 e. The molecule has 0 bridgehead atoms. The lowest BCUT2D eigenvalue weighted by Crippen LogP contribution is -2.20. The minimum absolute atomic E-state index is 0.122. The quantitative estimate of drug-likeness (QED) is 0.873. The molecule has 17 heavy (non-hydrogen) atoms. The number of hydrogen-bond acceptors (Lipinski definition) is 2. The van der Waals surface area contributed by atoms with Crippen molar-refractivity contribution < 1.29 is 4.74 Å². The van der Waals surface area contributed by atoms with Crippen LogP contribution in [0, 0.1) is 0 Å². The zero-order valence-corrected chi connectivity index (χ0v) is 11.5. The van der Waals surface area contributed by atoms with Gasteiger partial charge in [-0.05, 0) is 36.1 Å². The highest BCUT2D eigenvalue weighted by atomic mass is 35.5. The second-order valence-corrected chi connectivity index (χ2v) is 6.04. The van der Waals surface area contributed by atoms with E-state index in [1.807, 2.05) is 12.1 Å². The number of rotatable bonds is 2. The first-order chi connectivity index (χ1) is 7.97. The van der Waals surface area contributed by atoms with E-state index in [4.69, 9.17) is 16.3 Å². The fourth-order valence-corrected chi connectivity index (χ4v) is 2.20. The maximum Gasteiger partial charge on any atom is 0.138 e. The summed E-state index contributed by atoms with van der Waals surface area (Å²) < 4.78 is 5.88. The van der Waals surface area contributed by atoms with Crippen molar-refractivity contribution in [3.8, 4) is 5.75 Å². The topological polar surface area (TPSA) is 21.3 Å². The third kappa shape index (κ3) is 3.14. The number of nitrogens with one attached hydrogen (secondary N) is 1. The zero-order valence-electron chi connectivity index (χ0n) is 10.7. The van der Waals surface area contributed by atoms with Crippen molar-refractivity contribution in [3.63, 3.8) is 0 Å². The van der Waals surface area contributed by atoms with Gasteiger partial charge in [-0.15, -0.1) is 0 Å². The summed E-state index contributed by atoms with van der Waals surface area (Å²) in [7, 11) is 0. The van der Waals surface area contributed by atoms with Gasteiger partial charge in [0.2, 0.25) is 0 Å². The molecule has 1 saturated heterocycles. The number of ether oxygens (including phenoxy) is 1. The van der Waals surface area contributed by atoms with Crippen molar-refractivity contribution in [2.45, 2.75) is 38.7 Å². The summed E-state index contributed by atoms with van der Waals surface area (Å²) in [4.78, 5) is 0. The molecule has 0 unspecified atom stereocenters. The minimum atomic E-state index is 0.122. The molecule has 1 aliphatic rings. The Kier molecular flexibility index (Phi) is 3.64. The lowest BCUT2D eigenvalue weighted by atomic mass is 9.87. The molecule has 1 fully saturated rings. The maximum atomic E-state index is 6.27. The van der Waals surface area contributed by atoms with Gasteiger partial charge in [-0.1, -0.05) is 38.4 Å². The first-order valence-corrected chi connectivity index (χ1v) is 6.52. The predicted molar refractivity (Wildman–Crippen MR) is 72.1 cm³/mol. The van der Waals surface area contributed by atoms with E-state index < -0.39 is 0 Å². The van der Waals surface area contributed by atoms with Crippen LogP contribution in [0.4, 0.5) is 0 Å². The first-order valence-electron chi connectivity index (χ1n) is 6.14. The molecule has 2 nitrogen and oxygen atoms in total. The first kappa shape index (κ1) is 12.7. The van der Waals surface area contributed by atoms with Gasteiger partial charge < -0.3 is 10.1 Å². The molecule has 1 atom stereocenters. The van der Waals surface area contributed by atoms with Gasteiger partial charge in [-0.25, -0.2) is 0 Å². The third-order valence-electron chi connectivity index (χ3n) is 3.11. The van der Waals surface area contributed by atoms with Crippen LogP contribution in [0.5, 0.6) is 5.75 Å². The fourth-order valence-electron chi connectivity index (χ4n) is 1.97. The highest BCUT2D eigenvalue weighted by Gasteiger charge is 2.19. The Labute approximate surface area is 108 Å². The summed E-state index contributed by atoms with van der Waals surface area (Å²) in [6.07, 6.45) is 1.31. The normalized spacial score (nSPS) is 20.6. The second kappa shape index (κ2) is 4.87. The van der Waals surface area contributed by atoms with Gasteiger partial charge in [-0.3, -0.25) is 0 Å². The Hall–Kier alpha value is -0.730. The smallest absolute Gasteiger partial charge is 0.138 e. The van der Waals surface area contributed by atoms with Crippen molar-refractivity contribution in [1.29, 1.82) is 0 Å². The lowest BCUT2D eigenvalue weighted by molar-refractivity contribution is 0.223. The Morgan fingerprint density at radius 3 is 2.65 bits per heavy atom. The van der Waals surface area contributed by atoms with Crippen molar-refractivity contribution in [3.05, 3.63) is 28.8 Å². The molecule has 3 heteroatoms. The summed E-state index contributed by atoms with van der Waals surface area (Å²) in [5.74, 6) is 0.799. The van der Waals surface area contributed by atoms with Crippen LogP contribution in [-0.2, 0) is 5.41 Å². The van der Waals surface area contributed by atoms with Gasteiger partial charge in [0.05, 0.1) is 5.02 Å². The molecule has 1 heterocycles. The van der Waals surface area contributed by atoms with E-state index in [1.54, 1.807) is 0 Å². The molecule has 94 valence electrons. The molecule has 1 aliphatic heterocycles. The second-order valence-electron chi connectivity index (χ2n) is 5.63. The summed E-state index contributed by atoms with van der Waals surface area (Å²) in [5.41, 5.74) is 1.36. The van der Waals surface area contributed by atoms with Crippen molar-refractivity contribution >= 4 is 11.6 Å². The molecule has 0 saturated carbocycles. The van der Waals surface area contributed by atoms with E-state index in [0.717, 1.165) is 25.3 Å². The number of halogens is 1. The standard InChI is InChI=1S/C14H20ClNO/c1-14(2,3)10-4-5-13(12(15)8-10)17-11-6-7-16-9-11/h4-5,8,11,16H,6-7,9H2,1-3H3/t11-/m1/s1. The van der Waals surface area contributed by atoms with E-state index in [9.17, 15) is 0 Å². The lowest BCUT2D eigenvalue weighted by Gasteiger charge is -2.21. The van der Waals surface area contributed by atoms with E-state index in [-0.39, 0.29) is 11.5 Å². The SMILES string of the molecule is CC(C)(C)c1ccc(O[C@@H]2CCNC2)c(Cl)c1. The average Bonchev–Trinajstić information content (AvgIpc) is 2.72. The van der Waals surface area contributed by atoms with Crippen LogP contribution in [0.15, 0.2) is 18.2 Å². The third-order valence-corrected chi connectivity index (χ3v) is 3.40. The average molecular weight is 254 g/mol. The molecular formula is C14H20ClNO. The fraction of sp³-hybridized carbons (Fsp3) is 0.571. The minimum Gasteiger partial charge on any atom is -0.487 e. The molecular weight excluding hydrogens is 234 g/mol. The van der Waals surface area contributed by atoms with Crippen molar-refractivity contribution in [1.82, 2.24) is 5.32 Å². The van der Waals surface area contributed by atoms with E-state index in [1.165, 1.54) is 5.56 Å². The Balaban J connectivity index is 2.14. The highest BCUT2D eigenvalue weighted by Crippen LogP contribution is 2.32. The molecule has 1 aromatic carbocycles. The predicted octanol–water partition coefficient (Wildman–Crippen LogP) is 3.38. The number of hydrogen-bond donors (Lipinski definition) is 1. The number of benzene rings is 1. The van der Waals surface area contributed by atoms with Crippen LogP contribution in [-0.4, -0.2) is 19.2 Å². The van der Waals surface area contributed by atoms with Gasteiger partial charge in [0.15, 0.2) is 0 Å². The van der Waals surface area contributed by atoms with Crippen LogP contribution >= 0.6 is 11.6 Å². The summed E-state index contributed by atoms with van der Waals surface area (Å²) in [5, 5.41) is 3.99. The monoisotopic (exact) mass is 253 g/mol. The van der Waals surface area contributed by atoms with Gasteiger partial charge >= 0.3 is 0 Å². The molecule has 2 rings (SSSR count). The molecule has 1 aromatic rings. The Bertz CT molecular complexity index is 392. The van der Waals surface area contributed by atoms with Gasteiger partial charge in [0.25, 0.3) is 0 Å². The summed E-state index contributed by atoms with van der Waals surface area (Å²) in [6, 6.07) is 6.10. The molecule has 0 aliphatic carbocycles. The molecule has 0 spiro atoms. The molecule has 0 aromatic heterocycles. The van der Waals surface area contributed by atoms with Gasteiger partial charge in [0.1, 0.15) is 11.9 Å². The zero-order chi connectivity index (χ0) is 12.5. The molecule has 0 radical (unpaired) electrons. The van der Waals surface area contributed by atoms with E-state index in [0.29, 0.717) is 5.02 Å². The molecule has 1 N–H and O–H groups in total. The van der Waals surface area contributed by atoms with Crippen LogP contribution in [0.2, 0.25) is 5.02 Å². The van der Waals surface area contributed by atoms with E-state index in [2.05, 4.69) is 32.2 Å².